The smallest absolute Gasteiger partial charge is 0.171 e. The van der Waals surface area contributed by atoms with Gasteiger partial charge >= 0.3 is 0 Å². The molecular formula is C11H16ClN3O2S. The van der Waals surface area contributed by atoms with E-state index in [2.05, 4.69) is 15.3 Å². The molecule has 1 unspecified atom stereocenters. The molecular weight excluding hydrogens is 274 g/mol. The lowest BCUT2D eigenvalue weighted by Gasteiger charge is -2.25. The second-order valence-corrected chi connectivity index (χ2v) is 7.60. The highest BCUT2D eigenvalue weighted by atomic mass is 35.5. The maximum atomic E-state index is 11.5. The largest absolute Gasteiger partial charge is 0.361 e. The SMILES string of the molecule is Cc1nc(Cl)c(NC2(C)CCS(=O)(=O)C2)nc1C. The van der Waals surface area contributed by atoms with Crippen LogP contribution in [0.2, 0.25) is 5.15 Å². The van der Waals surface area contributed by atoms with Crippen LogP contribution in [0.4, 0.5) is 5.82 Å². The summed E-state index contributed by atoms with van der Waals surface area (Å²) in [6, 6.07) is 0. The van der Waals surface area contributed by atoms with Crippen LogP contribution in [0.25, 0.3) is 0 Å². The molecule has 0 radical (unpaired) electrons. The molecule has 1 aromatic rings. The Morgan fingerprint density at radius 1 is 1.28 bits per heavy atom. The van der Waals surface area contributed by atoms with Crippen LogP contribution >= 0.6 is 11.6 Å². The number of aromatic nitrogens is 2. The number of nitrogens with zero attached hydrogens (tertiary/aromatic N) is 2. The first-order chi connectivity index (χ1) is 8.21. The molecule has 1 aromatic heterocycles. The Balaban J connectivity index is 2.28. The Morgan fingerprint density at radius 3 is 2.44 bits per heavy atom. The summed E-state index contributed by atoms with van der Waals surface area (Å²) in [5.74, 6) is 0.761. The normalized spacial score (nSPS) is 26.2. The van der Waals surface area contributed by atoms with Crippen molar-refractivity contribution in [3.05, 3.63) is 16.5 Å². The molecule has 1 fully saturated rings. The van der Waals surface area contributed by atoms with E-state index < -0.39 is 15.4 Å². The summed E-state index contributed by atoms with van der Waals surface area (Å²) in [5.41, 5.74) is 1.04. The Kier molecular flexibility index (Phi) is 3.27. The Hall–Kier alpha value is -0.880. The van der Waals surface area contributed by atoms with Crippen LogP contribution in [-0.2, 0) is 9.84 Å². The third kappa shape index (κ3) is 2.75. The molecule has 0 saturated carbocycles. The van der Waals surface area contributed by atoms with Gasteiger partial charge in [0.1, 0.15) is 0 Å². The molecule has 1 saturated heterocycles. The fourth-order valence-corrected chi connectivity index (χ4v) is 4.36. The number of nitrogens with one attached hydrogen (secondary N) is 1. The minimum atomic E-state index is -2.96. The molecule has 0 spiro atoms. The van der Waals surface area contributed by atoms with Gasteiger partial charge in [0.2, 0.25) is 0 Å². The number of aryl methyl sites for hydroxylation is 2. The predicted octanol–water partition coefficient (Wildman–Crippen LogP) is 1.74. The van der Waals surface area contributed by atoms with Crippen molar-refractivity contribution in [2.45, 2.75) is 32.7 Å². The lowest BCUT2D eigenvalue weighted by molar-refractivity contribution is 0.571. The van der Waals surface area contributed by atoms with Crippen molar-refractivity contribution in [1.29, 1.82) is 0 Å². The second kappa shape index (κ2) is 4.35. The average molecular weight is 290 g/mol. The van der Waals surface area contributed by atoms with Gasteiger partial charge in [-0.1, -0.05) is 11.6 Å². The summed E-state index contributed by atoms with van der Waals surface area (Å²) in [6.07, 6.45) is 0.556. The molecule has 2 heterocycles. The average Bonchev–Trinajstić information content (AvgIpc) is 2.50. The van der Waals surface area contributed by atoms with Gasteiger partial charge < -0.3 is 5.32 Å². The Morgan fingerprint density at radius 2 is 1.89 bits per heavy atom. The minimum Gasteiger partial charge on any atom is -0.361 e. The summed E-state index contributed by atoms with van der Waals surface area (Å²) in [6.45, 7) is 5.54. The van der Waals surface area contributed by atoms with Crippen molar-refractivity contribution < 1.29 is 8.42 Å². The summed E-state index contributed by atoms with van der Waals surface area (Å²) < 4.78 is 23.1. The highest BCUT2D eigenvalue weighted by Crippen LogP contribution is 2.29. The van der Waals surface area contributed by atoms with E-state index in [0.717, 1.165) is 11.4 Å². The van der Waals surface area contributed by atoms with E-state index in [-0.39, 0.29) is 16.7 Å². The van der Waals surface area contributed by atoms with Crippen LogP contribution in [0.3, 0.4) is 0 Å². The van der Waals surface area contributed by atoms with Gasteiger partial charge in [-0.15, -0.1) is 0 Å². The number of hydrogen-bond acceptors (Lipinski definition) is 5. The van der Waals surface area contributed by atoms with Crippen LogP contribution in [-0.4, -0.2) is 35.4 Å². The van der Waals surface area contributed by atoms with Crippen molar-refractivity contribution in [2.75, 3.05) is 16.8 Å². The monoisotopic (exact) mass is 289 g/mol. The van der Waals surface area contributed by atoms with Crippen molar-refractivity contribution in [3.63, 3.8) is 0 Å². The first kappa shape index (κ1) is 13.5. The second-order valence-electron chi connectivity index (χ2n) is 5.06. The van der Waals surface area contributed by atoms with Crippen LogP contribution in [0.1, 0.15) is 24.7 Å². The summed E-state index contributed by atoms with van der Waals surface area (Å²) in [5, 5.41) is 3.41. The summed E-state index contributed by atoms with van der Waals surface area (Å²) >= 11 is 6.03. The fourth-order valence-electron chi connectivity index (χ4n) is 2.05. The number of hydrogen-bond donors (Lipinski definition) is 1. The maximum Gasteiger partial charge on any atom is 0.171 e. The first-order valence-corrected chi connectivity index (χ1v) is 7.90. The fraction of sp³-hybridized carbons (Fsp3) is 0.636. The first-order valence-electron chi connectivity index (χ1n) is 5.70. The van der Waals surface area contributed by atoms with E-state index >= 15 is 0 Å². The highest BCUT2D eigenvalue weighted by Gasteiger charge is 2.39. The molecule has 0 aromatic carbocycles. The topological polar surface area (TPSA) is 72.0 Å². The lowest BCUT2D eigenvalue weighted by atomic mass is 10.0. The van der Waals surface area contributed by atoms with E-state index in [1.165, 1.54) is 0 Å². The molecule has 1 aliphatic rings. The summed E-state index contributed by atoms with van der Waals surface area (Å²) in [7, 11) is -2.96. The molecule has 0 amide bonds. The van der Waals surface area contributed by atoms with Crippen molar-refractivity contribution in [1.82, 2.24) is 9.97 Å². The van der Waals surface area contributed by atoms with Crippen LogP contribution in [0.15, 0.2) is 0 Å². The molecule has 18 heavy (non-hydrogen) atoms. The zero-order valence-corrected chi connectivity index (χ0v) is 12.2. The maximum absolute atomic E-state index is 11.5. The van der Waals surface area contributed by atoms with E-state index in [0.29, 0.717) is 12.2 Å². The van der Waals surface area contributed by atoms with E-state index in [9.17, 15) is 8.42 Å². The van der Waals surface area contributed by atoms with Gasteiger partial charge in [-0.3, -0.25) is 0 Å². The molecule has 100 valence electrons. The van der Waals surface area contributed by atoms with E-state index in [1.54, 1.807) is 0 Å². The quantitative estimate of drug-likeness (QED) is 0.898. The molecule has 5 nitrogen and oxygen atoms in total. The van der Waals surface area contributed by atoms with Gasteiger partial charge in [0, 0.05) is 0 Å². The Bertz CT molecular complexity index is 588. The number of sulfone groups is 1. The van der Waals surface area contributed by atoms with Crippen molar-refractivity contribution in [2.24, 2.45) is 0 Å². The van der Waals surface area contributed by atoms with Crippen molar-refractivity contribution >= 4 is 27.3 Å². The van der Waals surface area contributed by atoms with Gasteiger partial charge in [0.25, 0.3) is 0 Å². The molecule has 1 aliphatic heterocycles. The number of anilines is 1. The molecule has 7 heteroatoms. The third-order valence-electron chi connectivity index (χ3n) is 3.19. The molecule has 1 atom stereocenters. The predicted molar refractivity (Wildman–Crippen MR) is 71.8 cm³/mol. The van der Waals surface area contributed by atoms with Gasteiger partial charge in [-0.05, 0) is 27.2 Å². The Labute approximate surface area is 112 Å². The number of halogens is 1. The zero-order chi connectivity index (χ0) is 13.6. The van der Waals surface area contributed by atoms with Gasteiger partial charge in [0.05, 0.1) is 28.4 Å². The van der Waals surface area contributed by atoms with E-state index in [1.807, 2.05) is 20.8 Å². The minimum absolute atomic E-state index is 0.102. The van der Waals surface area contributed by atoms with E-state index in [4.69, 9.17) is 11.6 Å². The lowest BCUT2D eigenvalue weighted by Crippen LogP contribution is -2.36. The molecule has 2 rings (SSSR count). The van der Waals surface area contributed by atoms with Crippen LogP contribution < -0.4 is 5.32 Å². The van der Waals surface area contributed by atoms with Gasteiger partial charge in [-0.2, -0.15) is 0 Å². The van der Waals surface area contributed by atoms with Crippen LogP contribution in [0, 0.1) is 13.8 Å². The standard InChI is InChI=1S/C11H16ClN3O2S/c1-7-8(2)14-10(9(12)13-7)15-11(3)4-5-18(16,17)6-11/h4-6H2,1-3H3,(H,14,15). The van der Waals surface area contributed by atoms with Gasteiger partial charge in [0.15, 0.2) is 20.8 Å². The molecule has 0 bridgehead atoms. The van der Waals surface area contributed by atoms with Crippen molar-refractivity contribution in [3.8, 4) is 0 Å². The van der Waals surface area contributed by atoms with Crippen LogP contribution in [0.5, 0.6) is 0 Å². The number of rotatable bonds is 2. The zero-order valence-electron chi connectivity index (χ0n) is 10.6. The third-order valence-corrected chi connectivity index (χ3v) is 5.35. The molecule has 1 N–H and O–H groups in total. The highest BCUT2D eigenvalue weighted by molar-refractivity contribution is 7.91. The summed E-state index contributed by atoms with van der Waals surface area (Å²) in [4.78, 5) is 8.50. The van der Waals surface area contributed by atoms with Gasteiger partial charge in [-0.25, -0.2) is 18.4 Å². The molecule has 0 aliphatic carbocycles.